The van der Waals surface area contributed by atoms with Crippen molar-refractivity contribution in [3.05, 3.63) is 16.8 Å². The first-order valence-electron chi connectivity index (χ1n) is 6.86. The van der Waals surface area contributed by atoms with Crippen molar-refractivity contribution in [1.29, 1.82) is 0 Å². The van der Waals surface area contributed by atoms with Crippen LogP contribution >= 0.6 is 0 Å². The number of hydrogen-bond acceptors (Lipinski definition) is 6. The molecule has 0 amide bonds. The molecule has 1 aliphatic carbocycles. The minimum Gasteiger partial charge on any atom is -0.369 e. The van der Waals surface area contributed by atoms with Crippen LogP contribution in [0.4, 0.5) is 0 Å². The third-order valence-electron chi connectivity index (χ3n) is 3.94. The van der Waals surface area contributed by atoms with Gasteiger partial charge in [0.15, 0.2) is 0 Å². The Morgan fingerprint density at radius 1 is 1.21 bits per heavy atom. The molecule has 1 saturated heterocycles. The van der Waals surface area contributed by atoms with E-state index in [9.17, 15) is 0 Å². The van der Waals surface area contributed by atoms with Crippen LogP contribution in [0.2, 0.25) is 0 Å². The molecule has 1 aliphatic heterocycles. The molecule has 0 radical (unpaired) electrons. The second-order valence-electron chi connectivity index (χ2n) is 5.10. The van der Waals surface area contributed by atoms with Crippen molar-refractivity contribution < 1.29 is 4.74 Å². The van der Waals surface area contributed by atoms with Gasteiger partial charge >= 0.3 is 0 Å². The fourth-order valence-corrected chi connectivity index (χ4v) is 3.03. The first-order chi connectivity index (χ1) is 9.43. The molecule has 0 saturated carbocycles. The maximum absolute atomic E-state index is 5.85. The predicted molar refractivity (Wildman–Crippen MR) is 66.8 cm³/mol. The second-order valence-corrected chi connectivity index (χ2v) is 5.10. The average Bonchev–Trinajstić information content (AvgIpc) is 2.96. The monoisotopic (exact) mass is 260 g/mol. The number of fused-ring (bicyclic) bond motifs is 3. The molecule has 1 unspecified atom stereocenters. The molecule has 1 fully saturated rings. The Morgan fingerprint density at radius 3 is 2.95 bits per heavy atom. The number of aromatic nitrogens is 5. The van der Waals surface area contributed by atoms with Crippen LogP contribution in [-0.4, -0.2) is 45.0 Å². The molecular formula is C12H16N6O. The minimum absolute atomic E-state index is 0.0224. The fraction of sp³-hybridized carbons (Fsp3) is 0.667. The molecule has 0 aromatic carbocycles. The summed E-state index contributed by atoms with van der Waals surface area (Å²) in [6.45, 7) is 2.45. The summed E-state index contributed by atoms with van der Waals surface area (Å²) in [5.74, 6) is 0. The molecule has 7 nitrogen and oxygen atoms in total. The van der Waals surface area contributed by atoms with E-state index in [1.165, 1.54) is 24.0 Å². The van der Waals surface area contributed by atoms with E-state index >= 15 is 0 Å². The van der Waals surface area contributed by atoms with Gasteiger partial charge in [-0.2, -0.15) is 0 Å². The maximum Gasteiger partial charge on any atom is 0.203 e. The summed E-state index contributed by atoms with van der Waals surface area (Å²) in [7, 11) is 0. The van der Waals surface area contributed by atoms with Gasteiger partial charge in [0.25, 0.3) is 0 Å². The molecule has 1 atom stereocenters. The van der Waals surface area contributed by atoms with Crippen molar-refractivity contribution >= 4 is 5.65 Å². The number of morpholine rings is 1. The molecule has 7 heteroatoms. The lowest BCUT2D eigenvalue weighted by atomic mass is 9.90. The lowest BCUT2D eigenvalue weighted by Crippen LogP contribution is -2.35. The van der Waals surface area contributed by atoms with Crippen molar-refractivity contribution in [3.8, 4) is 0 Å². The highest BCUT2D eigenvalue weighted by Gasteiger charge is 2.27. The first-order valence-corrected chi connectivity index (χ1v) is 6.86. The highest BCUT2D eigenvalue weighted by Crippen LogP contribution is 2.30. The molecule has 0 bridgehead atoms. The normalized spacial score (nSPS) is 23.5. The number of aryl methyl sites for hydroxylation is 1. The van der Waals surface area contributed by atoms with E-state index in [0.717, 1.165) is 43.9 Å². The molecular weight excluding hydrogens is 244 g/mol. The minimum atomic E-state index is 0.0224. The van der Waals surface area contributed by atoms with Gasteiger partial charge in [-0.15, -0.1) is 14.8 Å². The van der Waals surface area contributed by atoms with Gasteiger partial charge in [0.05, 0.1) is 12.3 Å². The van der Waals surface area contributed by atoms with Crippen LogP contribution in [0.25, 0.3) is 5.65 Å². The highest BCUT2D eigenvalue weighted by atomic mass is 16.5. The molecule has 3 heterocycles. The topological polar surface area (TPSA) is 77.2 Å². The zero-order valence-electron chi connectivity index (χ0n) is 10.7. The lowest BCUT2D eigenvalue weighted by Gasteiger charge is -2.27. The first kappa shape index (κ1) is 11.2. The maximum atomic E-state index is 5.85. The third-order valence-corrected chi connectivity index (χ3v) is 3.94. The zero-order chi connectivity index (χ0) is 12.7. The summed E-state index contributed by atoms with van der Waals surface area (Å²) in [6, 6.07) is 0. The van der Waals surface area contributed by atoms with Crippen LogP contribution in [-0.2, 0) is 17.6 Å². The van der Waals surface area contributed by atoms with Crippen LogP contribution in [0.3, 0.4) is 0 Å². The van der Waals surface area contributed by atoms with Crippen molar-refractivity contribution in [2.45, 2.75) is 31.8 Å². The van der Waals surface area contributed by atoms with Crippen LogP contribution in [0, 0.1) is 0 Å². The van der Waals surface area contributed by atoms with Crippen molar-refractivity contribution in [1.82, 2.24) is 30.6 Å². The summed E-state index contributed by atoms with van der Waals surface area (Å²) in [5, 5.41) is 19.7. The van der Waals surface area contributed by atoms with E-state index < -0.39 is 0 Å². The van der Waals surface area contributed by atoms with E-state index in [-0.39, 0.29) is 6.10 Å². The van der Waals surface area contributed by atoms with Crippen molar-refractivity contribution in [3.63, 3.8) is 0 Å². The van der Waals surface area contributed by atoms with Gasteiger partial charge < -0.3 is 10.1 Å². The average molecular weight is 260 g/mol. The third kappa shape index (κ3) is 1.81. The van der Waals surface area contributed by atoms with Crippen molar-refractivity contribution in [2.24, 2.45) is 0 Å². The van der Waals surface area contributed by atoms with E-state index in [2.05, 4.69) is 25.9 Å². The molecule has 2 aliphatic rings. The number of ether oxygens (including phenoxy) is 1. The standard InChI is InChI=1S/C12H16N6O/c1-2-4-9-8(3-1)11(10-7-13-5-6-19-10)15-18-12(9)14-16-17-18/h10,13H,1-7H2. The van der Waals surface area contributed by atoms with Gasteiger partial charge in [-0.1, -0.05) is 0 Å². The summed E-state index contributed by atoms with van der Waals surface area (Å²) < 4.78 is 7.40. The SMILES string of the molecule is C1CCc2c(c(C3CNCCO3)nn3nnnc23)C1. The second kappa shape index (κ2) is 4.50. The van der Waals surface area contributed by atoms with E-state index in [1.54, 1.807) is 4.63 Å². The molecule has 19 heavy (non-hydrogen) atoms. The van der Waals surface area contributed by atoms with Crippen LogP contribution in [0.15, 0.2) is 0 Å². The summed E-state index contributed by atoms with van der Waals surface area (Å²) in [5.41, 5.74) is 4.39. The van der Waals surface area contributed by atoms with Crippen LogP contribution in [0.1, 0.15) is 35.8 Å². The Labute approximate surface area is 110 Å². The Morgan fingerprint density at radius 2 is 2.11 bits per heavy atom. The molecule has 4 rings (SSSR count). The fourth-order valence-electron chi connectivity index (χ4n) is 3.03. The van der Waals surface area contributed by atoms with Gasteiger partial charge in [-0.3, -0.25) is 0 Å². The largest absolute Gasteiger partial charge is 0.369 e. The Hall–Kier alpha value is -1.60. The molecule has 2 aromatic rings. The molecule has 2 aromatic heterocycles. The van der Waals surface area contributed by atoms with Crippen molar-refractivity contribution in [2.75, 3.05) is 19.7 Å². The van der Waals surface area contributed by atoms with Gasteiger partial charge in [-0.25, -0.2) is 0 Å². The lowest BCUT2D eigenvalue weighted by molar-refractivity contribution is 0.0234. The molecule has 0 spiro atoms. The smallest absolute Gasteiger partial charge is 0.203 e. The summed E-state index contributed by atoms with van der Waals surface area (Å²) in [6.07, 6.45) is 4.52. The Bertz CT molecular complexity index is 604. The molecule has 1 N–H and O–H groups in total. The summed E-state index contributed by atoms with van der Waals surface area (Å²) >= 11 is 0. The number of tetrazole rings is 1. The van der Waals surface area contributed by atoms with Gasteiger partial charge in [0.2, 0.25) is 5.65 Å². The van der Waals surface area contributed by atoms with E-state index in [4.69, 9.17) is 4.74 Å². The molecule has 100 valence electrons. The number of hydrogen-bond donors (Lipinski definition) is 1. The van der Waals surface area contributed by atoms with E-state index in [1.807, 2.05) is 0 Å². The predicted octanol–water partition coefficient (Wildman–Crippen LogP) is 0.0590. The number of nitrogens with one attached hydrogen (secondary N) is 1. The summed E-state index contributed by atoms with van der Waals surface area (Å²) in [4.78, 5) is 0. The van der Waals surface area contributed by atoms with E-state index in [0.29, 0.717) is 0 Å². The van der Waals surface area contributed by atoms with Gasteiger partial charge in [-0.05, 0) is 41.7 Å². The highest BCUT2D eigenvalue weighted by molar-refractivity contribution is 5.52. The van der Waals surface area contributed by atoms with Crippen LogP contribution < -0.4 is 5.32 Å². The Kier molecular flexibility index (Phi) is 2.66. The quantitative estimate of drug-likeness (QED) is 0.781. The number of nitrogens with zero attached hydrogens (tertiary/aromatic N) is 5. The number of rotatable bonds is 1. The zero-order valence-corrected chi connectivity index (χ0v) is 10.7. The van der Waals surface area contributed by atoms with Crippen LogP contribution in [0.5, 0.6) is 0 Å². The van der Waals surface area contributed by atoms with Gasteiger partial charge in [0.1, 0.15) is 6.10 Å². The Balaban J connectivity index is 1.88. The van der Waals surface area contributed by atoms with Gasteiger partial charge in [0, 0.05) is 18.7 Å².